The van der Waals surface area contributed by atoms with E-state index in [1.807, 2.05) is 9.80 Å². The zero-order valence-electron chi connectivity index (χ0n) is 13.9. The lowest BCUT2D eigenvalue weighted by atomic mass is 10.1. The number of amides is 2. The van der Waals surface area contributed by atoms with Crippen LogP contribution in [-0.2, 0) is 9.59 Å². The highest BCUT2D eigenvalue weighted by molar-refractivity contribution is 5.95. The second-order valence-electron chi connectivity index (χ2n) is 6.38. The summed E-state index contributed by atoms with van der Waals surface area (Å²) in [7, 11) is 0. The van der Waals surface area contributed by atoms with Gasteiger partial charge in [0.1, 0.15) is 5.82 Å². The minimum Gasteiger partial charge on any atom is -0.340 e. The van der Waals surface area contributed by atoms with Gasteiger partial charge in [0, 0.05) is 25.3 Å². The summed E-state index contributed by atoms with van der Waals surface area (Å²) < 4.78 is 13.2. The molecule has 1 aromatic carbocycles. The molecule has 0 spiro atoms. The molecule has 0 aliphatic carbocycles. The van der Waals surface area contributed by atoms with Crippen LogP contribution in [0.3, 0.4) is 0 Å². The standard InChI is InChI=1S/C17H24FN3O2/c1-12(2)10-21-8-7-20(11-16(21)22)13(3)17(23)19-15-6-4-5-14(18)9-15/h4-6,9,12-13H,7-8,10-11H2,1-3H3,(H,19,23). The first-order chi connectivity index (χ1) is 10.9. The average molecular weight is 321 g/mol. The van der Waals surface area contributed by atoms with Crippen molar-refractivity contribution in [1.29, 1.82) is 0 Å². The number of carbonyl (C=O) groups is 2. The zero-order chi connectivity index (χ0) is 17.0. The highest BCUT2D eigenvalue weighted by Crippen LogP contribution is 2.13. The van der Waals surface area contributed by atoms with E-state index >= 15 is 0 Å². The average Bonchev–Trinajstić information content (AvgIpc) is 2.48. The largest absolute Gasteiger partial charge is 0.340 e. The van der Waals surface area contributed by atoms with Crippen molar-refractivity contribution in [1.82, 2.24) is 9.80 Å². The normalized spacial score (nSPS) is 17.4. The summed E-state index contributed by atoms with van der Waals surface area (Å²) in [5.74, 6) is -0.150. The van der Waals surface area contributed by atoms with Gasteiger partial charge in [0.2, 0.25) is 11.8 Å². The van der Waals surface area contributed by atoms with Gasteiger partial charge in [-0.25, -0.2) is 4.39 Å². The summed E-state index contributed by atoms with van der Waals surface area (Å²) in [6, 6.07) is 5.34. The van der Waals surface area contributed by atoms with Crippen LogP contribution in [0.1, 0.15) is 20.8 Å². The van der Waals surface area contributed by atoms with E-state index in [1.165, 1.54) is 12.1 Å². The van der Waals surface area contributed by atoms with Crippen LogP contribution in [-0.4, -0.2) is 53.8 Å². The van der Waals surface area contributed by atoms with Gasteiger partial charge < -0.3 is 10.2 Å². The molecule has 0 radical (unpaired) electrons. The lowest BCUT2D eigenvalue weighted by Gasteiger charge is -2.37. The van der Waals surface area contributed by atoms with Crippen LogP contribution in [0.25, 0.3) is 0 Å². The number of hydrogen-bond acceptors (Lipinski definition) is 3. The third-order valence-electron chi connectivity index (χ3n) is 3.95. The molecule has 1 atom stereocenters. The molecule has 2 rings (SSSR count). The molecule has 2 amide bonds. The Morgan fingerprint density at radius 2 is 2.04 bits per heavy atom. The minimum atomic E-state index is -0.441. The quantitative estimate of drug-likeness (QED) is 0.902. The Hall–Kier alpha value is -1.95. The molecule has 0 saturated carbocycles. The number of rotatable bonds is 5. The van der Waals surface area contributed by atoms with Crippen LogP contribution >= 0.6 is 0 Å². The van der Waals surface area contributed by atoms with E-state index in [1.54, 1.807) is 19.1 Å². The van der Waals surface area contributed by atoms with E-state index in [2.05, 4.69) is 19.2 Å². The number of halogens is 1. The highest BCUT2D eigenvalue weighted by atomic mass is 19.1. The van der Waals surface area contributed by atoms with Gasteiger partial charge in [-0.1, -0.05) is 19.9 Å². The molecule has 1 unspecified atom stereocenters. The molecule has 1 heterocycles. The van der Waals surface area contributed by atoms with Crippen molar-refractivity contribution < 1.29 is 14.0 Å². The lowest BCUT2D eigenvalue weighted by molar-refractivity contribution is -0.138. The number of nitrogens with zero attached hydrogens (tertiary/aromatic N) is 2. The number of carbonyl (C=O) groups excluding carboxylic acids is 2. The van der Waals surface area contributed by atoms with Crippen LogP contribution in [0.5, 0.6) is 0 Å². The molecule has 1 aliphatic heterocycles. The molecule has 1 aromatic rings. The first-order valence-electron chi connectivity index (χ1n) is 7.95. The fourth-order valence-corrected chi connectivity index (χ4v) is 2.67. The molecule has 6 heteroatoms. The van der Waals surface area contributed by atoms with Crippen molar-refractivity contribution in [3.63, 3.8) is 0 Å². The Morgan fingerprint density at radius 1 is 1.30 bits per heavy atom. The molecule has 1 aliphatic rings. The molecular weight excluding hydrogens is 297 g/mol. The molecule has 1 saturated heterocycles. The van der Waals surface area contributed by atoms with E-state index < -0.39 is 11.9 Å². The number of anilines is 1. The Kier molecular flexibility index (Phi) is 5.71. The summed E-state index contributed by atoms with van der Waals surface area (Å²) in [5, 5.41) is 2.69. The Bertz CT molecular complexity index is 577. The topological polar surface area (TPSA) is 52.6 Å². The lowest BCUT2D eigenvalue weighted by Crippen LogP contribution is -2.56. The van der Waals surface area contributed by atoms with Gasteiger partial charge in [0.15, 0.2) is 0 Å². The van der Waals surface area contributed by atoms with Crippen molar-refractivity contribution >= 4 is 17.5 Å². The molecule has 23 heavy (non-hydrogen) atoms. The van der Waals surface area contributed by atoms with Crippen molar-refractivity contribution in [3.05, 3.63) is 30.1 Å². The van der Waals surface area contributed by atoms with Crippen molar-refractivity contribution in [2.24, 2.45) is 5.92 Å². The van der Waals surface area contributed by atoms with Crippen LogP contribution < -0.4 is 5.32 Å². The fourth-order valence-electron chi connectivity index (χ4n) is 2.67. The number of hydrogen-bond donors (Lipinski definition) is 1. The van der Waals surface area contributed by atoms with Gasteiger partial charge in [-0.2, -0.15) is 0 Å². The van der Waals surface area contributed by atoms with Crippen molar-refractivity contribution in [2.75, 3.05) is 31.5 Å². The third-order valence-corrected chi connectivity index (χ3v) is 3.95. The van der Waals surface area contributed by atoms with Crippen molar-refractivity contribution in [3.8, 4) is 0 Å². The Balaban J connectivity index is 1.92. The minimum absolute atomic E-state index is 0.0513. The number of nitrogens with one attached hydrogen (secondary N) is 1. The molecule has 1 fully saturated rings. The van der Waals surface area contributed by atoms with Gasteiger partial charge in [-0.3, -0.25) is 14.5 Å². The first-order valence-corrected chi connectivity index (χ1v) is 7.95. The third kappa shape index (κ3) is 4.76. The van der Waals surface area contributed by atoms with E-state index in [-0.39, 0.29) is 18.4 Å². The predicted molar refractivity (Wildman–Crippen MR) is 87.5 cm³/mol. The second-order valence-corrected chi connectivity index (χ2v) is 6.38. The number of benzene rings is 1. The van der Waals surface area contributed by atoms with E-state index in [0.29, 0.717) is 24.7 Å². The van der Waals surface area contributed by atoms with Crippen LogP contribution in [0, 0.1) is 11.7 Å². The highest BCUT2D eigenvalue weighted by Gasteiger charge is 2.30. The summed E-state index contributed by atoms with van der Waals surface area (Å²) >= 11 is 0. The van der Waals surface area contributed by atoms with Gasteiger partial charge in [0.05, 0.1) is 12.6 Å². The monoisotopic (exact) mass is 321 g/mol. The van der Waals surface area contributed by atoms with E-state index in [0.717, 1.165) is 6.54 Å². The maximum atomic E-state index is 13.2. The predicted octanol–water partition coefficient (Wildman–Crippen LogP) is 1.95. The summed E-state index contributed by atoms with van der Waals surface area (Å²) in [6.45, 7) is 8.20. The summed E-state index contributed by atoms with van der Waals surface area (Å²) in [5.41, 5.74) is 0.423. The molecule has 1 N–H and O–H groups in total. The fraction of sp³-hybridized carbons (Fsp3) is 0.529. The van der Waals surface area contributed by atoms with Gasteiger partial charge >= 0.3 is 0 Å². The maximum Gasteiger partial charge on any atom is 0.241 e. The zero-order valence-corrected chi connectivity index (χ0v) is 13.9. The van der Waals surface area contributed by atoms with Crippen LogP contribution in [0.2, 0.25) is 0 Å². The van der Waals surface area contributed by atoms with Gasteiger partial charge in [0.25, 0.3) is 0 Å². The van der Waals surface area contributed by atoms with Gasteiger partial charge in [-0.15, -0.1) is 0 Å². The van der Waals surface area contributed by atoms with Crippen molar-refractivity contribution in [2.45, 2.75) is 26.8 Å². The van der Waals surface area contributed by atoms with Crippen LogP contribution in [0.4, 0.5) is 10.1 Å². The van der Waals surface area contributed by atoms with Gasteiger partial charge in [-0.05, 0) is 31.0 Å². The molecule has 5 nitrogen and oxygen atoms in total. The second kappa shape index (κ2) is 7.55. The number of piperazine rings is 1. The maximum absolute atomic E-state index is 13.2. The smallest absolute Gasteiger partial charge is 0.241 e. The molecule has 0 aromatic heterocycles. The SMILES string of the molecule is CC(C)CN1CCN(C(C)C(=O)Nc2cccc(F)c2)CC1=O. The first kappa shape index (κ1) is 17.4. The summed E-state index contributed by atoms with van der Waals surface area (Å²) in [6.07, 6.45) is 0. The Morgan fingerprint density at radius 3 is 2.65 bits per heavy atom. The molecule has 126 valence electrons. The molecule has 0 bridgehead atoms. The molecular formula is C17H24FN3O2. The Labute approximate surface area is 136 Å². The van der Waals surface area contributed by atoms with E-state index in [9.17, 15) is 14.0 Å². The van der Waals surface area contributed by atoms with Crippen LogP contribution in [0.15, 0.2) is 24.3 Å². The van der Waals surface area contributed by atoms with E-state index in [4.69, 9.17) is 0 Å². The summed E-state index contributed by atoms with van der Waals surface area (Å²) in [4.78, 5) is 28.2.